The Morgan fingerprint density at radius 1 is 1.35 bits per heavy atom. The average molecular weight is 280 g/mol. The Bertz CT molecular complexity index is 525. The lowest BCUT2D eigenvalue weighted by atomic mass is 9.89. The number of urea groups is 1. The molecular formula is C13H16N2O5. The van der Waals surface area contributed by atoms with Crippen molar-refractivity contribution in [3.8, 4) is 5.75 Å². The van der Waals surface area contributed by atoms with Gasteiger partial charge in [-0.05, 0) is 31.0 Å². The van der Waals surface area contributed by atoms with Gasteiger partial charge in [0.05, 0.1) is 17.4 Å². The van der Waals surface area contributed by atoms with Crippen LogP contribution < -0.4 is 10.6 Å². The van der Waals surface area contributed by atoms with Crippen molar-refractivity contribution in [3.05, 3.63) is 23.8 Å². The molecule has 0 radical (unpaired) electrons. The lowest BCUT2D eigenvalue weighted by Crippen LogP contribution is -2.48. The fourth-order valence-corrected chi connectivity index (χ4v) is 2.04. The first kappa shape index (κ1) is 14.1. The van der Waals surface area contributed by atoms with Crippen molar-refractivity contribution in [1.82, 2.24) is 5.32 Å². The number of anilines is 1. The van der Waals surface area contributed by atoms with Gasteiger partial charge in [0, 0.05) is 13.2 Å². The predicted molar refractivity (Wildman–Crippen MR) is 71.0 cm³/mol. The molecule has 0 atom stereocenters. The molecule has 1 saturated carbocycles. The zero-order valence-electron chi connectivity index (χ0n) is 10.9. The Morgan fingerprint density at radius 2 is 2.05 bits per heavy atom. The average Bonchev–Trinajstić information content (AvgIpc) is 2.35. The summed E-state index contributed by atoms with van der Waals surface area (Å²) in [5.74, 6) is -1.39. The number of nitrogens with one attached hydrogen (secondary N) is 2. The molecule has 2 rings (SSSR count). The van der Waals surface area contributed by atoms with E-state index in [4.69, 9.17) is 9.84 Å². The molecule has 1 aliphatic rings. The van der Waals surface area contributed by atoms with Crippen molar-refractivity contribution in [3.63, 3.8) is 0 Å². The van der Waals surface area contributed by atoms with E-state index in [9.17, 15) is 14.7 Å². The third-order valence-corrected chi connectivity index (χ3v) is 3.25. The SMILES string of the molecule is COC1CC(NC(=O)Nc2ccc(O)cc2C(=O)O)C1. The van der Waals surface area contributed by atoms with Crippen LogP contribution in [0.5, 0.6) is 5.75 Å². The molecule has 1 aromatic carbocycles. The number of carboxylic acid groups (broad SMARTS) is 1. The second kappa shape index (κ2) is 5.79. The Hall–Kier alpha value is -2.28. The van der Waals surface area contributed by atoms with Crippen LogP contribution >= 0.6 is 0 Å². The van der Waals surface area contributed by atoms with Gasteiger partial charge in [0.1, 0.15) is 5.75 Å². The number of benzene rings is 1. The van der Waals surface area contributed by atoms with Crippen LogP contribution in [-0.4, -0.2) is 41.5 Å². The molecule has 7 heteroatoms. The topological polar surface area (TPSA) is 108 Å². The number of carbonyl (C=O) groups excluding carboxylic acids is 1. The summed E-state index contributed by atoms with van der Waals surface area (Å²) in [7, 11) is 1.62. The van der Waals surface area contributed by atoms with E-state index in [1.54, 1.807) is 7.11 Å². The number of aromatic carboxylic acids is 1. The van der Waals surface area contributed by atoms with Crippen LogP contribution in [0, 0.1) is 0 Å². The number of phenolic OH excluding ortho intramolecular Hbond substituents is 1. The van der Waals surface area contributed by atoms with Gasteiger partial charge in [-0.1, -0.05) is 0 Å². The Balaban J connectivity index is 1.96. The van der Waals surface area contributed by atoms with Crippen LogP contribution in [0.25, 0.3) is 0 Å². The molecule has 0 unspecified atom stereocenters. The van der Waals surface area contributed by atoms with E-state index in [2.05, 4.69) is 10.6 Å². The van der Waals surface area contributed by atoms with Gasteiger partial charge in [-0.15, -0.1) is 0 Å². The van der Waals surface area contributed by atoms with Gasteiger partial charge in [0.25, 0.3) is 0 Å². The Morgan fingerprint density at radius 3 is 2.65 bits per heavy atom. The molecule has 7 nitrogen and oxygen atoms in total. The molecule has 20 heavy (non-hydrogen) atoms. The maximum absolute atomic E-state index is 11.8. The number of hydrogen-bond donors (Lipinski definition) is 4. The fraction of sp³-hybridized carbons (Fsp3) is 0.385. The number of phenols is 1. The van der Waals surface area contributed by atoms with E-state index in [0.29, 0.717) is 0 Å². The third-order valence-electron chi connectivity index (χ3n) is 3.25. The molecule has 0 aliphatic heterocycles. The molecule has 0 bridgehead atoms. The lowest BCUT2D eigenvalue weighted by molar-refractivity contribution is 0.0210. The highest BCUT2D eigenvalue weighted by molar-refractivity contribution is 6.00. The quantitative estimate of drug-likeness (QED) is 0.623. The molecule has 1 aromatic rings. The molecule has 0 saturated heterocycles. The number of hydrogen-bond acceptors (Lipinski definition) is 4. The minimum Gasteiger partial charge on any atom is -0.508 e. The van der Waals surface area contributed by atoms with Gasteiger partial charge >= 0.3 is 12.0 Å². The first-order valence-corrected chi connectivity index (χ1v) is 6.16. The number of aromatic hydroxyl groups is 1. The summed E-state index contributed by atoms with van der Waals surface area (Å²) in [6, 6.07) is 3.30. The van der Waals surface area contributed by atoms with Crippen molar-refractivity contribution in [2.75, 3.05) is 12.4 Å². The van der Waals surface area contributed by atoms with E-state index in [1.165, 1.54) is 12.1 Å². The van der Waals surface area contributed by atoms with Crippen LogP contribution in [0.4, 0.5) is 10.5 Å². The molecular weight excluding hydrogens is 264 g/mol. The molecule has 2 amide bonds. The number of rotatable bonds is 4. The largest absolute Gasteiger partial charge is 0.508 e. The van der Waals surface area contributed by atoms with Crippen LogP contribution in [-0.2, 0) is 4.74 Å². The minimum absolute atomic E-state index is 0.0327. The highest BCUT2D eigenvalue weighted by Gasteiger charge is 2.30. The zero-order valence-corrected chi connectivity index (χ0v) is 10.9. The van der Waals surface area contributed by atoms with Crippen molar-refractivity contribution in [2.24, 2.45) is 0 Å². The van der Waals surface area contributed by atoms with E-state index >= 15 is 0 Å². The van der Waals surface area contributed by atoms with Crippen LogP contribution in [0.3, 0.4) is 0 Å². The third kappa shape index (κ3) is 3.18. The Labute approximate surface area is 115 Å². The van der Waals surface area contributed by atoms with Crippen molar-refractivity contribution >= 4 is 17.7 Å². The molecule has 0 spiro atoms. The molecule has 1 aliphatic carbocycles. The van der Waals surface area contributed by atoms with E-state index in [1.807, 2.05) is 0 Å². The summed E-state index contributed by atoms with van der Waals surface area (Å²) >= 11 is 0. The van der Waals surface area contributed by atoms with E-state index in [-0.39, 0.29) is 29.1 Å². The summed E-state index contributed by atoms with van der Waals surface area (Å²) in [5.41, 5.74) is -0.0288. The molecule has 4 N–H and O–H groups in total. The summed E-state index contributed by atoms with van der Waals surface area (Å²) in [5, 5.41) is 23.5. The maximum atomic E-state index is 11.8. The second-order valence-corrected chi connectivity index (χ2v) is 4.66. The summed E-state index contributed by atoms with van der Waals surface area (Å²) in [6.45, 7) is 0. The highest BCUT2D eigenvalue weighted by atomic mass is 16.5. The smallest absolute Gasteiger partial charge is 0.337 e. The monoisotopic (exact) mass is 280 g/mol. The zero-order chi connectivity index (χ0) is 14.7. The fourth-order valence-electron chi connectivity index (χ4n) is 2.04. The van der Waals surface area contributed by atoms with Gasteiger partial charge in [-0.2, -0.15) is 0 Å². The first-order valence-electron chi connectivity index (χ1n) is 6.16. The number of carbonyl (C=O) groups is 2. The normalized spacial score (nSPS) is 20.9. The molecule has 0 heterocycles. The number of amides is 2. The lowest BCUT2D eigenvalue weighted by Gasteiger charge is -2.34. The predicted octanol–water partition coefficient (Wildman–Crippen LogP) is 1.39. The van der Waals surface area contributed by atoms with Crippen molar-refractivity contribution < 1.29 is 24.5 Å². The van der Waals surface area contributed by atoms with Crippen LogP contribution in [0.1, 0.15) is 23.2 Å². The number of ether oxygens (including phenoxy) is 1. The van der Waals surface area contributed by atoms with Gasteiger partial charge in [0.2, 0.25) is 0 Å². The van der Waals surface area contributed by atoms with Crippen molar-refractivity contribution in [2.45, 2.75) is 25.0 Å². The summed E-state index contributed by atoms with van der Waals surface area (Å²) in [4.78, 5) is 22.8. The van der Waals surface area contributed by atoms with Gasteiger partial charge in [0.15, 0.2) is 0 Å². The second-order valence-electron chi connectivity index (χ2n) is 4.66. The van der Waals surface area contributed by atoms with Gasteiger partial charge < -0.3 is 25.6 Å². The summed E-state index contributed by atoms with van der Waals surface area (Å²) < 4.78 is 5.10. The first-order chi connectivity index (χ1) is 9.49. The van der Waals surface area contributed by atoms with Crippen LogP contribution in [0.2, 0.25) is 0 Å². The van der Waals surface area contributed by atoms with Crippen LogP contribution in [0.15, 0.2) is 18.2 Å². The van der Waals surface area contributed by atoms with E-state index < -0.39 is 12.0 Å². The Kier molecular flexibility index (Phi) is 4.09. The molecule has 108 valence electrons. The minimum atomic E-state index is -1.22. The van der Waals surface area contributed by atoms with Crippen molar-refractivity contribution in [1.29, 1.82) is 0 Å². The standard InChI is InChI=1S/C13H16N2O5/c1-20-9-4-7(5-9)14-13(19)15-11-3-2-8(16)6-10(11)12(17)18/h2-3,6-7,9,16H,4-5H2,1H3,(H,17,18)(H2,14,15,19). The maximum Gasteiger partial charge on any atom is 0.337 e. The van der Waals surface area contributed by atoms with E-state index in [0.717, 1.165) is 18.9 Å². The number of carboxylic acids is 1. The van der Waals surface area contributed by atoms with Gasteiger partial charge in [-0.25, -0.2) is 9.59 Å². The van der Waals surface area contributed by atoms with Gasteiger partial charge in [-0.3, -0.25) is 0 Å². The summed E-state index contributed by atoms with van der Waals surface area (Å²) in [6.07, 6.45) is 1.65. The number of methoxy groups -OCH3 is 1. The highest BCUT2D eigenvalue weighted by Crippen LogP contribution is 2.24. The molecule has 0 aromatic heterocycles. The molecule has 1 fully saturated rings.